The van der Waals surface area contributed by atoms with Crippen molar-refractivity contribution in [2.45, 2.75) is 62.9 Å². The number of benzene rings is 2. The third kappa shape index (κ3) is 7.90. The fourth-order valence-corrected chi connectivity index (χ4v) is 7.98. The zero-order chi connectivity index (χ0) is 41.6. The van der Waals surface area contributed by atoms with E-state index in [1.807, 2.05) is 0 Å². The lowest BCUT2D eigenvalue weighted by Crippen LogP contribution is -2.35. The summed E-state index contributed by atoms with van der Waals surface area (Å²) in [5.74, 6) is -3.94. The van der Waals surface area contributed by atoms with Gasteiger partial charge in [-0.05, 0) is 74.4 Å². The molecule has 0 spiro atoms. The Kier molecular flexibility index (Phi) is 9.64. The molecule has 20 heteroatoms. The highest BCUT2D eigenvalue weighted by Crippen LogP contribution is 2.68. The van der Waals surface area contributed by atoms with Crippen molar-refractivity contribution in [3.8, 4) is 23.0 Å². The number of rotatable bonds is 9. The lowest BCUT2D eigenvalue weighted by Gasteiger charge is -2.23. The largest absolute Gasteiger partial charge is 0.435 e. The molecule has 3 heterocycles. The summed E-state index contributed by atoms with van der Waals surface area (Å²) in [6.07, 6.45) is -4.74. The maximum absolute atomic E-state index is 15.4. The number of carbonyl (C=O) groups excluding carboxylic acids is 1. The molecule has 5 aromatic rings. The maximum atomic E-state index is 15.4. The number of aryl methyl sites for hydroxylation is 1. The van der Waals surface area contributed by atoms with Gasteiger partial charge in [0.15, 0.2) is 11.5 Å². The molecule has 11 nitrogen and oxygen atoms in total. The molecule has 3 N–H and O–H groups in total. The molecule has 0 saturated heterocycles. The van der Waals surface area contributed by atoms with Gasteiger partial charge in [0.1, 0.15) is 35.2 Å². The zero-order valence-electron chi connectivity index (χ0n) is 30.2. The molecular formula is C37H31ClF7N7O4S. The fourth-order valence-electron chi connectivity index (χ4n) is 7.25. The molecular weight excluding hydrogens is 807 g/mol. The Labute approximate surface area is 325 Å². The Morgan fingerprint density at radius 3 is 2.39 bits per heavy atom. The molecule has 2 aliphatic rings. The Hall–Kier alpha value is -5.19. The van der Waals surface area contributed by atoms with Gasteiger partial charge in [0, 0.05) is 35.7 Å². The normalized spacial score (nSPS) is 17.8. The van der Waals surface area contributed by atoms with E-state index in [0.29, 0.717) is 16.3 Å². The fraction of sp³-hybridized carbons (Fsp3) is 0.351. The van der Waals surface area contributed by atoms with Gasteiger partial charge in [-0.3, -0.25) is 18.9 Å². The number of sulfonamides is 1. The quantitative estimate of drug-likeness (QED) is 0.112. The highest BCUT2D eigenvalue weighted by atomic mass is 35.5. The van der Waals surface area contributed by atoms with Crippen LogP contribution in [0.3, 0.4) is 0 Å². The molecule has 2 aromatic carbocycles. The third-order valence-corrected chi connectivity index (χ3v) is 10.3. The van der Waals surface area contributed by atoms with Crippen LogP contribution in [0.25, 0.3) is 22.0 Å². The molecule has 300 valence electrons. The molecule has 0 radical (unpaired) electrons. The highest BCUT2D eigenvalue weighted by molar-refractivity contribution is 7.92. The predicted octanol–water partition coefficient (Wildman–Crippen LogP) is 6.59. The highest BCUT2D eigenvalue weighted by Gasteiger charge is 2.68. The van der Waals surface area contributed by atoms with Crippen LogP contribution in [0.4, 0.5) is 36.6 Å². The third-order valence-electron chi connectivity index (χ3n) is 9.45. The van der Waals surface area contributed by atoms with E-state index in [0.717, 1.165) is 18.4 Å². The average molecular weight is 838 g/mol. The summed E-state index contributed by atoms with van der Waals surface area (Å²) in [7, 11) is -2.35. The van der Waals surface area contributed by atoms with E-state index in [4.69, 9.17) is 11.6 Å². The van der Waals surface area contributed by atoms with Crippen molar-refractivity contribution in [2.75, 3.05) is 11.0 Å². The van der Waals surface area contributed by atoms with Crippen LogP contribution in [0.1, 0.15) is 66.1 Å². The number of hydrogen-bond acceptors (Lipinski definition) is 7. The van der Waals surface area contributed by atoms with Gasteiger partial charge in [0.05, 0.1) is 33.9 Å². The first-order valence-corrected chi connectivity index (χ1v) is 19.4. The van der Waals surface area contributed by atoms with Crippen molar-refractivity contribution >= 4 is 44.3 Å². The second kappa shape index (κ2) is 13.7. The van der Waals surface area contributed by atoms with E-state index < -0.39 is 93.1 Å². The van der Waals surface area contributed by atoms with Crippen LogP contribution in [0.5, 0.6) is 0 Å². The zero-order valence-corrected chi connectivity index (χ0v) is 31.8. The first-order chi connectivity index (χ1) is 26.4. The molecule has 3 aromatic heterocycles. The Bertz CT molecular complexity index is 2640. The number of halogens is 8. The van der Waals surface area contributed by atoms with Crippen molar-refractivity contribution in [3.05, 3.63) is 93.0 Å². The van der Waals surface area contributed by atoms with Gasteiger partial charge in [-0.1, -0.05) is 23.6 Å². The minimum absolute atomic E-state index is 0.00841. The molecule has 0 aliphatic heterocycles. The van der Waals surface area contributed by atoms with Crippen LogP contribution < -0.4 is 10.0 Å². The second-order valence-electron chi connectivity index (χ2n) is 14.5. The maximum Gasteiger partial charge on any atom is 0.435 e. The van der Waals surface area contributed by atoms with Gasteiger partial charge in [0.2, 0.25) is 15.9 Å². The Morgan fingerprint density at radius 2 is 1.75 bits per heavy atom. The van der Waals surface area contributed by atoms with E-state index in [9.17, 15) is 40.3 Å². The van der Waals surface area contributed by atoms with E-state index in [1.54, 1.807) is 6.07 Å². The van der Waals surface area contributed by atoms with Crippen LogP contribution in [0.2, 0.25) is 5.02 Å². The average Bonchev–Trinajstić information content (AvgIpc) is 3.61. The number of nitrogens with one attached hydrogen (secondary N) is 2. The van der Waals surface area contributed by atoms with Gasteiger partial charge in [-0.15, -0.1) is 0 Å². The predicted molar refractivity (Wildman–Crippen MR) is 194 cm³/mol. The molecule has 0 bridgehead atoms. The van der Waals surface area contributed by atoms with E-state index in [2.05, 4.69) is 37.1 Å². The molecule has 1 saturated carbocycles. The Morgan fingerprint density at radius 1 is 1.09 bits per heavy atom. The number of amides is 1. The minimum atomic E-state index is -5.08. The number of aromatic nitrogens is 5. The van der Waals surface area contributed by atoms with Crippen LogP contribution in [-0.2, 0) is 46.9 Å². The molecule has 1 fully saturated rings. The SMILES string of the molecule is Cn1nc(NS(C)(=O)=O)c2c(Cl)ccc(-c3ccc(C#CC(C)(C)O)nc3C(Cc3cc(F)cc(F)c3)NC(=O)Cn3nc(C(F)(F)F)c4c3C(F)(F)C3C[C@H]43)c21. The van der Waals surface area contributed by atoms with Gasteiger partial charge < -0.3 is 10.4 Å². The van der Waals surface area contributed by atoms with Crippen LogP contribution in [-0.4, -0.2) is 55.8 Å². The number of pyridine rings is 1. The smallest absolute Gasteiger partial charge is 0.378 e. The monoisotopic (exact) mass is 837 g/mol. The molecule has 57 heavy (non-hydrogen) atoms. The number of aliphatic hydroxyl groups is 1. The van der Waals surface area contributed by atoms with Crippen molar-refractivity contribution in [1.82, 2.24) is 29.9 Å². The standard InChI is InChI=1S/C37H31ClF7N7O4S/c1-35(2,54)10-9-20-5-6-21(22-7-8-25(38)29-31(22)51(3)49-34(29)50-57(4,55)56)30(46-20)26(13-17-11-18(39)14-19(40)12-17)47-27(53)16-52-33-28(32(48-52)37(43,44)45)23-15-24(23)36(33,41)42/h5-8,11-12,14,23-24,26,54H,13,15-16H2,1-4H3,(H,47,53)(H,49,50)/t23-,24?,26?/m0/s1. The molecule has 1 amide bonds. The summed E-state index contributed by atoms with van der Waals surface area (Å²) in [5, 5.41) is 20.9. The summed E-state index contributed by atoms with van der Waals surface area (Å²) >= 11 is 6.55. The lowest BCUT2D eigenvalue weighted by molar-refractivity contribution is -0.142. The minimum Gasteiger partial charge on any atom is -0.378 e. The van der Waals surface area contributed by atoms with Gasteiger partial charge >= 0.3 is 6.18 Å². The van der Waals surface area contributed by atoms with Crippen molar-refractivity contribution < 1.29 is 49.1 Å². The van der Waals surface area contributed by atoms with Gasteiger partial charge in [-0.2, -0.15) is 32.1 Å². The number of hydrogen-bond donors (Lipinski definition) is 3. The Balaban J connectivity index is 1.39. The summed E-state index contributed by atoms with van der Waals surface area (Å²) in [6.45, 7) is 1.73. The number of alkyl halides is 5. The van der Waals surface area contributed by atoms with Crippen molar-refractivity contribution in [1.29, 1.82) is 0 Å². The van der Waals surface area contributed by atoms with Crippen LogP contribution in [0.15, 0.2) is 42.5 Å². The van der Waals surface area contributed by atoms with E-state index in [1.165, 1.54) is 43.8 Å². The lowest BCUT2D eigenvalue weighted by atomic mass is 9.93. The van der Waals surface area contributed by atoms with Gasteiger partial charge in [-0.25, -0.2) is 22.2 Å². The first-order valence-electron chi connectivity index (χ1n) is 17.1. The second-order valence-corrected chi connectivity index (χ2v) is 16.7. The van der Waals surface area contributed by atoms with Crippen LogP contribution in [0, 0.1) is 29.4 Å². The van der Waals surface area contributed by atoms with Crippen LogP contribution >= 0.6 is 11.6 Å². The van der Waals surface area contributed by atoms with Crippen molar-refractivity contribution in [3.63, 3.8) is 0 Å². The summed E-state index contributed by atoms with van der Waals surface area (Å²) < 4.78 is 130. The van der Waals surface area contributed by atoms with Gasteiger partial charge in [0.25, 0.3) is 5.92 Å². The molecule has 2 aliphatic carbocycles. The number of nitrogens with zero attached hydrogens (tertiary/aromatic N) is 5. The molecule has 2 unspecified atom stereocenters. The van der Waals surface area contributed by atoms with E-state index >= 15 is 8.78 Å². The number of carbonyl (C=O) groups is 1. The first kappa shape index (κ1) is 40.0. The summed E-state index contributed by atoms with van der Waals surface area (Å²) in [6, 6.07) is 7.14. The van der Waals surface area contributed by atoms with Crippen molar-refractivity contribution in [2.24, 2.45) is 13.0 Å². The van der Waals surface area contributed by atoms with E-state index in [-0.39, 0.29) is 50.7 Å². The molecule has 7 rings (SSSR count). The number of anilines is 1. The number of fused-ring (bicyclic) bond motifs is 4. The topological polar surface area (TPSA) is 144 Å². The molecule has 3 atom stereocenters. The summed E-state index contributed by atoms with van der Waals surface area (Å²) in [4.78, 5) is 18.5. The summed E-state index contributed by atoms with van der Waals surface area (Å²) in [5.41, 5.74) is -3.87.